The van der Waals surface area contributed by atoms with Crippen LogP contribution in [0.4, 0.5) is 4.79 Å². The third-order valence-corrected chi connectivity index (χ3v) is 4.37. The molecule has 2 amide bonds. The van der Waals surface area contributed by atoms with Gasteiger partial charge in [0.25, 0.3) is 0 Å². The number of sulfone groups is 1. The molecule has 16 heavy (non-hydrogen) atoms. The number of ether oxygens (including phenoxy) is 1. The maximum Gasteiger partial charge on any atom is 0.319 e. The normalized spacial score (nSPS) is 23.0. The van der Waals surface area contributed by atoms with Crippen molar-refractivity contribution in [1.82, 2.24) is 10.2 Å². The monoisotopic (exact) mass is 250 g/mol. The van der Waals surface area contributed by atoms with E-state index in [1.54, 1.807) is 4.90 Å². The van der Waals surface area contributed by atoms with Crippen molar-refractivity contribution in [3.8, 4) is 0 Å². The van der Waals surface area contributed by atoms with E-state index in [9.17, 15) is 13.2 Å². The highest BCUT2D eigenvalue weighted by molar-refractivity contribution is 7.91. The molecular formula is C9H18N2O4S. The molecule has 1 unspecified atom stereocenters. The highest BCUT2D eigenvalue weighted by Crippen LogP contribution is 2.17. The lowest BCUT2D eigenvalue weighted by Crippen LogP contribution is -2.47. The Kier molecular flexibility index (Phi) is 4.55. The molecule has 7 heteroatoms. The molecule has 1 fully saturated rings. The third kappa shape index (κ3) is 3.34. The highest BCUT2D eigenvalue weighted by atomic mass is 32.2. The summed E-state index contributed by atoms with van der Waals surface area (Å²) in [5, 5.41) is 2.56. The van der Waals surface area contributed by atoms with Gasteiger partial charge in [0.2, 0.25) is 0 Å². The van der Waals surface area contributed by atoms with E-state index in [0.717, 1.165) is 0 Å². The Bertz CT molecular complexity index is 341. The van der Waals surface area contributed by atoms with Crippen LogP contribution in [0, 0.1) is 0 Å². The van der Waals surface area contributed by atoms with Crippen LogP contribution in [-0.2, 0) is 14.6 Å². The van der Waals surface area contributed by atoms with Gasteiger partial charge in [-0.1, -0.05) is 0 Å². The van der Waals surface area contributed by atoms with Crippen LogP contribution in [0.15, 0.2) is 0 Å². The van der Waals surface area contributed by atoms with Crippen molar-refractivity contribution in [1.29, 1.82) is 0 Å². The minimum Gasteiger partial charge on any atom is -0.364 e. The van der Waals surface area contributed by atoms with Gasteiger partial charge in [0.05, 0.1) is 11.5 Å². The average molecular weight is 250 g/mol. The topological polar surface area (TPSA) is 75.7 Å². The van der Waals surface area contributed by atoms with Crippen LogP contribution < -0.4 is 5.32 Å². The van der Waals surface area contributed by atoms with Gasteiger partial charge in [-0.25, -0.2) is 13.2 Å². The fourth-order valence-corrected chi connectivity index (χ4v) is 3.55. The number of nitrogens with zero attached hydrogens (tertiary/aromatic N) is 1. The molecular weight excluding hydrogens is 232 g/mol. The number of hydrogen-bond acceptors (Lipinski definition) is 4. The van der Waals surface area contributed by atoms with Crippen LogP contribution in [0.2, 0.25) is 0 Å². The van der Waals surface area contributed by atoms with Crippen LogP contribution in [0.1, 0.15) is 13.3 Å². The van der Waals surface area contributed by atoms with Crippen molar-refractivity contribution < 1.29 is 17.9 Å². The fourth-order valence-electron chi connectivity index (χ4n) is 1.82. The molecule has 1 atom stereocenters. The van der Waals surface area contributed by atoms with Gasteiger partial charge in [0.15, 0.2) is 9.84 Å². The molecule has 1 N–H and O–H groups in total. The second-order valence-corrected chi connectivity index (χ2v) is 5.99. The summed E-state index contributed by atoms with van der Waals surface area (Å²) in [6, 6.07) is -0.474. The number of urea groups is 1. The first-order valence-corrected chi connectivity index (χ1v) is 7.06. The van der Waals surface area contributed by atoms with Crippen molar-refractivity contribution in [2.75, 3.05) is 31.9 Å². The van der Waals surface area contributed by atoms with Crippen molar-refractivity contribution in [3.05, 3.63) is 0 Å². The summed E-state index contributed by atoms with van der Waals surface area (Å²) in [4.78, 5) is 13.2. The van der Waals surface area contributed by atoms with Gasteiger partial charge in [-0.05, 0) is 13.3 Å². The lowest BCUT2D eigenvalue weighted by atomic mass is 10.2. The summed E-state index contributed by atoms with van der Waals surface area (Å²) in [5.74, 6) is 0.243. The maximum atomic E-state index is 11.7. The molecule has 0 aromatic rings. The fraction of sp³-hybridized carbons (Fsp3) is 0.889. The Morgan fingerprint density at radius 2 is 2.25 bits per heavy atom. The van der Waals surface area contributed by atoms with Crippen LogP contribution in [0.25, 0.3) is 0 Å². The second-order valence-electron chi connectivity index (χ2n) is 3.76. The zero-order valence-corrected chi connectivity index (χ0v) is 10.4. The molecule has 1 heterocycles. The first kappa shape index (κ1) is 13.2. The van der Waals surface area contributed by atoms with Gasteiger partial charge in [0.1, 0.15) is 6.73 Å². The second kappa shape index (κ2) is 5.49. The molecule has 0 bridgehead atoms. The summed E-state index contributed by atoms with van der Waals surface area (Å²) >= 11 is 0. The van der Waals surface area contributed by atoms with E-state index in [1.807, 2.05) is 6.92 Å². The number of rotatable bonds is 4. The molecule has 0 spiro atoms. The van der Waals surface area contributed by atoms with E-state index in [2.05, 4.69) is 5.32 Å². The van der Waals surface area contributed by atoms with Crippen LogP contribution in [0.3, 0.4) is 0 Å². The lowest BCUT2D eigenvalue weighted by molar-refractivity contribution is 0.146. The molecule has 0 aromatic heterocycles. The van der Waals surface area contributed by atoms with Crippen LogP contribution in [-0.4, -0.2) is 57.3 Å². The van der Waals surface area contributed by atoms with E-state index >= 15 is 0 Å². The molecule has 0 aliphatic carbocycles. The average Bonchev–Trinajstić information content (AvgIpc) is 2.57. The Labute approximate surface area is 95.9 Å². The molecule has 1 aliphatic heterocycles. The van der Waals surface area contributed by atoms with Crippen molar-refractivity contribution in [2.24, 2.45) is 0 Å². The molecule has 0 radical (unpaired) electrons. The summed E-state index contributed by atoms with van der Waals surface area (Å²) in [7, 11) is -1.47. The van der Waals surface area contributed by atoms with Gasteiger partial charge in [-0.15, -0.1) is 0 Å². The van der Waals surface area contributed by atoms with Crippen LogP contribution in [0.5, 0.6) is 0 Å². The highest BCUT2D eigenvalue weighted by Gasteiger charge is 2.33. The first-order chi connectivity index (χ1) is 7.50. The lowest BCUT2D eigenvalue weighted by Gasteiger charge is -2.26. The molecule has 1 aliphatic rings. The standard InChI is InChI=1S/C9H18N2O4S/c1-3-11(9(12)10-7-15-2)8-4-5-16(13,14)6-8/h8H,3-7H2,1-2H3,(H,10,12). The molecule has 94 valence electrons. The zero-order chi connectivity index (χ0) is 12.2. The van der Waals surface area contributed by atoms with Gasteiger partial charge >= 0.3 is 6.03 Å². The third-order valence-electron chi connectivity index (χ3n) is 2.62. The van der Waals surface area contributed by atoms with E-state index in [1.165, 1.54) is 7.11 Å². The Morgan fingerprint density at radius 1 is 1.56 bits per heavy atom. The number of methoxy groups -OCH3 is 1. The summed E-state index contributed by atoms with van der Waals surface area (Å²) < 4.78 is 27.4. The van der Waals surface area contributed by atoms with Gasteiger partial charge in [0, 0.05) is 19.7 Å². The van der Waals surface area contributed by atoms with Gasteiger partial charge < -0.3 is 15.0 Å². The van der Waals surface area contributed by atoms with Crippen molar-refractivity contribution in [3.63, 3.8) is 0 Å². The first-order valence-electron chi connectivity index (χ1n) is 5.24. The number of hydrogen-bond donors (Lipinski definition) is 1. The Morgan fingerprint density at radius 3 is 2.69 bits per heavy atom. The smallest absolute Gasteiger partial charge is 0.319 e. The van der Waals surface area contributed by atoms with Crippen LogP contribution >= 0.6 is 0 Å². The van der Waals surface area contributed by atoms with E-state index in [4.69, 9.17) is 4.74 Å². The van der Waals surface area contributed by atoms with E-state index in [0.29, 0.717) is 13.0 Å². The molecule has 6 nitrogen and oxygen atoms in total. The van der Waals surface area contributed by atoms with Gasteiger partial charge in [-0.3, -0.25) is 0 Å². The predicted molar refractivity (Wildman–Crippen MR) is 59.8 cm³/mol. The predicted octanol–water partition coefficient (Wildman–Crippen LogP) is -0.191. The molecule has 0 aromatic carbocycles. The molecule has 1 saturated heterocycles. The quantitative estimate of drug-likeness (QED) is 0.702. The Hall–Kier alpha value is -0.820. The zero-order valence-electron chi connectivity index (χ0n) is 9.60. The van der Waals surface area contributed by atoms with E-state index in [-0.39, 0.29) is 30.3 Å². The van der Waals surface area contributed by atoms with Gasteiger partial charge in [-0.2, -0.15) is 0 Å². The number of carbonyl (C=O) groups is 1. The molecule has 1 rings (SSSR count). The Balaban J connectivity index is 2.58. The summed E-state index contributed by atoms with van der Waals surface area (Å²) in [6.07, 6.45) is 0.524. The number of amides is 2. The molecule has 0 saturated carbocycles. The van der Waals surface area contributed by atoms with Crippen molar-refractivity contribution >= 4 is 15.9 Å². The maximum absolute atomic E-state index is 11.7. The number of nitrogens with one attached hydrogen (secondary N) is 1. The SMILES string of the molecule is CCN(C(=O)NCOC)C1CCS(=O)(=O)C1. The summed E-state index contributed by atoms with van der Waals surface area (Å²) in [5.41, 5.74) is 0. The minimum absolute atomic E-state index is 0.0707. The summed E-state index contributed by atoms with van der Waals surface area (Å²) in [6.45, 7) is 2.46. The van der Waals surface area contributed by atoms with Crippen molar-refractivity contribution in [2.45, 2.75) is 19.4 Å². The van der Waals surface area contributed by atoms with E-state index < -0.39 is 9.84 Å². The number of carbonyl (C=O) groups excluding carboxylic acids is 1. The minimum atomic E-state index is -2.96. The largest absolute Gasteiger partial charge is 0.364 e.